The third kappa shape index (κ3) is 5.07. The summed E-state index contributed by atoms with van der Waals surface area (Å²) < 4.78 is 13.5. The van der Waals surface area contributed by atoms with Crippen molar-refractivity contribution in [2.24, 2.45) is 0 Å². The maximum Gasteiger partial charge on any atom is 0.293 e. The van der Waals surface area contributed by atoms with Gasteiger partial charge in [0.2, 0.25) is 5.91 Å². The molecule has 0 aliphatic heterocycles. The van der Waals surface area contributed by atoms with Crippen LogP contribution in [0.1, 0.15) is 26.3 Å². The molecule has 10 heteroatoms. The Bertz CT molecular complexity index is 1400. The predicted octanol–water partition coefficient (Wildman–Crippen LogP) is 3.45. The maximum absolute atomic E-state index is 13.4. The molecule has 0 saturated carbocycles. The summed E-state index contributed by atoms with van der Waals surface area (Å²) >= 11 is 1.52. The number of rotatable bonds is 8. The number of nitrogens with one attached hydrogen (secondary N) is 1. The normalized spacial score (nSPS) is 11.6. The van der Waals surface area contributed by atoms with Crippen LogP contribution in [0.15, 0.2) is 46.7 Å². The Kier molecular flexibility index (Phi) is 6.93. The zero-order valence-corrected chi connectivity index (χ0v) is 21.3. The van der Waals surface area contributed by atoms with Gasteiger partial charge in [-0.2, -0.15) is 10.2 Å². The van der Waals surface area contributed by atoms with E-state index in [1.807, 2.05) is 56.5 Å². The molecule has 0 spiro atoms. The standard InChI is InChI=1S/C25H29N5O4S/c1-25(2,3)30-23-17(14-27-30)22(20-7-6-12-35-20)28-29(24(23)32)15-21(31)26-11-10-16-8-9-18(33-4)19(13-16)34-5/h6-9,12-14H,10-11,15H2,1-5H3,(H,26,31). The fourth-order valence-electron chi connectivity index (χ4n) is 3.86. The molecule has 1 N–H and O–H groups in total. The SMILES string of the molecule is COc1ccc(CCNC(=O)Cn2nc(-c3cccs3)c3cnn(C(C)(C)C)c3c2=O)cc1OC. The molecule has 35 heavy (non-hydrogen) atoms. The molecule has 3 heterocycles. The van der Waals surface area contributed by atoms with Crippen LogP contribution in [0.3, 0.4) is 0 Å². The fraction of sp³-hybridized carbons (Fsp3) is 0.360. The number of hydrogen-bond acceptors (Lipinski definition) is 7. The summed E-state index contributed by atoms with van der Waals surface area (Å²) in [6.07, 6.45) is 2.28. The van der Waals surface area contributed by atoms with Gasteiger partial charge in [0.25, 0.3) is 5.56 Å². The molecule has 184 valence electrons. The number of fused-ring (bicyclic) bond motifs is 1. The Hall–Kier alpha value is -3.66. The van der Waals surface area contributed by atoms with Crippen molar-refractivity contribution in [3.8, 4) is 22.1 Å². The second-order valence-corrected chi connectivity index (χ2v) is 10.0. The van der Waals surface area contributed by atoms with E-state index in [2.05, 4.69) is 15.5 Å². The van der Waals surface area contributed by atoms with E-state index in [4.69, 9.17) is 9.47 Å². The molecule has 0 bridgehead atoms. The molecule has 0 unspecified atom stereocenters. The Balaban J connectivity index is 1.56. The fourth-order valence-corrected chi connectivity index (χ4v) is 4.58. The molecule has 0 atom stereocenters. The van der Waals surface area contributed by atoms with Crippen LogP contribution >= 0.6 is 11.3 Å². The van der Waals surface area contributed by atoms with Crippen molar-refractivity contribution in [2.45, 2.75) is 39.3 Å². The van der Waals surface area contributed by atoms with E-state index in [1.165, 1.54) is 16.0 Å². The molecule has 0 aliphatic rings. The van der Waals surface area contributed by atoms with Gasteiger partial charge in [-0.1, -0.05) is 12.1 Å². The zero-order chi connectivity index (χ0) is 25.2. The molecule has 9 nitrogen and oxygen atoms in total. The van der Waals surface area contributed by atoms with Gasteiger partial charge in [0.1, 0.15) is 17.8 Å². The summed E-state index contributed by atoms with van der Waals surface area (Å²) in [5, 5.41) is 14.5. The predicted molar refractivity (Wildman–Crippen MR) is 136 cm³/mol. The summed E-state index contributed by atoms with van der Waals surface area (Å²) in [5.74, 6) is 0.993. The van der Waals surface area contributed by atoms with Crippen molar-refractivity contribution in [3.63, 3.8) is 0 Å². The third-order valence-electron chi connectivity index (χ3n) is 5.55. The van der Waals surface area contributed by atoms with Crippen LogP contribution in [-0.4, -0.2) is 46.2 Å². The minimum absolute atomic E-state index is 0.186. The van der Waals surface area contributed by atoms with Gasteiger partial charge in [0.05, 0.1) is 36.2 Å². The number of carbonyl (C=O) groups is 1. The monoisotopic (exact) mass is 495 g/mol. The molecular formula is C25H29N5O4S. The van der Waals surface area contributed by atoms with Crippen molar-refractivity contribution >= 4 is 28.1 Å². The van der Waals surface area contributed by atoms with Crippen molar-refractivity contribution in [2.75, 3.05) is 20.8 Å². The molecule has 0 saturated heterocycles. The van der Waals surface area contributed by atoms with Crippen LogP contribution in [0.25, 0.3) is 21.5 Å². The van der Waals surface area contributed by atoms with Gasteiger partial charge in [-0.25, -0.2) is 4.68 Å². The average Bonchev–Trinajstić information content (AvgIpc) is 3.51. The number of benzene rings is 1. The Morgan fingerprint density at radius 1 is 1.14 bits per heavy atom. The largest absolute Gasteiger partial charge is 0.493 e. The molecular weight excluding hydrogens is 466 g/mol. The zero-order valence-electron chi connectivity index (χ0n) is 20.5. The molecule has 0 aliphatic carbocycles. The van der Waals surface area contributed by atoms with Gasteiger partial charge in [0.15, 0.2) is 11.5 Å². The molecule has 4 aromatic rings. The molecule has 1 aromatic carbocycles. The van der Waals surface area contributed by atoms with E-state index in [-0.39, 0.29) is 18.0 Å². The van der Waals surface area contributed by atoms with Crippen molar-refractivity contribution in [1.82, 2.24) is 24.9 Å². The Morgan fingerprint density at radius 2 is 1.91 bits per heavy atom. The van der Waals surface area contributed by atoms with Gasteiger partial charge >= 0.3 is 0 Å². The van der Waals surface area contributed by atoms with Crippen molar-refractivity contribution in [3.05, 3.63) is 57.8 Å². The Labute approximate surface area is 207 Å². The number of carbonyl (C=O) groups excluding carboxylic acids is 1. The summed E-state index contributed by atoms with van der Waals surface area (Å²) in [7, 11) is 3.17. The summed E-state index contributed by atoms with van der Waals surface area (Å²) in [4.78, 5) is 27.0. The van der Waals surface area contributed by atoms with E-state index in [1.54, 1.807) is 25.1 Å². The lowest BCUT2D eigenvalue weighted by molar-refractivity contribution is -0.121. The minimum Gasteiger partial charge on any atom is -0.493 e. The van der Waals surface area contributed by atoms with Crippen LogP contribution in [0.2, 0.25) is 0 Å². The molecule has 4 rings (SSSR count). The first-order chi connectivity index (χ1) is 16.7. The van der Waals surface area contributed by atoms with E-state index in [9.17, 15) is 9.59 Å². The van der Waals surface area contributed by atoms with Crippen LogP contribution < -0.4 is 20.3 Å². The van der Waals surface area contributed by atoms with E-state index in [0.717, 1.165) is 10.4 Å². The number of thiophene rings is 1. The first kappa shape index (κ1) is 24.5. The summed E-state index contributed by atoms with van der Waals surface area (Å²) in [6.45, 7) is 6.16. The smallest absolute Gasteiger partial charge is 0.293 e. The quantitative estimate of drug-likeness (QED) is 0.402. The van der Waals surface area contributed by atoms with Gasteiger partial charge in [-0.05, 0) is 56.3 Å². The first-order valence-corrected chi connectivity index (χ1v) is 12.1. The second-order valence-electron chi connectivity index (χ2n) is 9.07. The van der Waals surface area contributed by atoms with Crippen LogP contribution in [-0.2, 0) is 23.3 Å². The van der Waals surface area contributed by atoms with Crippen molar-refractivity contribution < 1.29 is 14.3 Å². The third-order valence-corrected chi connectivity index (χ3v) is 6.43. The number of nitrogens with zero attached hydrogens (tertiary/aromatic N) is 4. The lowest BCUT2D eigenvalue weighted by Crippen LogP contribution is -2.36. The first-order valence-electron chi connectivity index (χ1n) is 11.2. The van der Waals surface area contributed by atoms with E-state index < -0.39 is 5.54 Å². The van der Waals surface area contributed by atoms with Crippen LogP contribution in [0.5, 0.6) is 11.5 Å². The number of hydrogen-bond donors (Lipinski definition) is 1. The second kappa shape index (κ2) is 9.91. The number of amides is 1. The highest BCUT2D eigenvalue weighted by molar-refractivity contribution is 7.13. The number of aromatic nitrogens is 4. The number of ether oxygens (including phenoxy) is 2. The highest BCUT2D eigenvalue weighted by Crippen LogP contribution is 2.30. The lowest BCUT2D eigenvalue weighted by Gasteiger charge is -2.20. The minimum atomic E-state index is -0.408. The maximum atomic E-state index is 13.4. The van der Waals surface area contributed by atoms with Gasteiger partial charge in [-0.3, -0.25) is 14.3 Å². The van der Waals surface area contributed by atoms with Crippen molar-refractivity contribution in [1.29, 1.82) is 0 Å². The topological polar surface area (TPSA) is 100 Å². The van der Waals surface area contributed by atoms with Gasteiger partial charge < -0.3 is 14.8 Å². The van der Waals surface area contributed by atoms with E-state index in [0.29, 0.717) is 41.1 Å². The van der Waals surface area contributed by atoms with E-state index >= 15 is 0 Å². The molecule has 1 amide bonds. The number of methoxy groups -OCH3 is 2. The highest BCUT2D eigenvalue weighted by Gasteiger charge is 2.24. The van der Waals surface area contributed by atoms with Gasteiger partial charge in [0, 0.05) is 6.54 Å². The lowest BCUT2D eigenvalue weighted by atomic mass is 10.1. The Morgan fingerprint density at radius 3 is 2.57 bits per heavy atom. The van der Waals surface area contributed by atoms with Gasteiger partial charge in [-0.15, -0.1) is 11.3 Å². The van der Waals surface area contributed by atoms with Crippen LogP contribution in [0.4, 0.5) is 0 Å². The molecule has 3 aromatic heterocycles. The average molecular weight is 496 g/mol. The summed E-state index contributed by atoms with van der Waals surface area (Å²) in [5.41, 5.74) is 1.32. The molecule has 0 fully saturated rings. The summed E-state index contributed by atoms with van der Waals surface area (Å²) in [6, 6.07) is 9.51. The highest BCUT2D eigenvalue weighted by atomic mass is 32.1. The van der Waals surface area contributed by atoms with Crippen LogP contribution in [0, 0.1) is 0 Å². The molecule has 0 radical (unpaired) electrons.